The Labute approximate surface area is 255 Å². The maximum atomic E-state index is 14.0. The summed E-state index contributed by atoms with van der Waals surface area (Å²) in [5, 5.41) is 1.54. The van der Waals surface area contributed by atoms with E-state index in [1.807, 2.05) is 84.9 Å². The number of amides is 1. The second-order valence-electron chi connectivity index (χ2n) is 13.4. The van der Waals surface area contributed by atoms with Crippen LogP contribution in [0.2, 0.25) is 0 Å². The molecule has 0 bridgehead atoms. The van der Waals surface area contributed by atoms with Crippen molar-refractivity contribution in [1.29, 1.82) is 0 Å². The number of ether oxygens (including phenoxy) is 3. The summed E-state index contributed by atoms with van der Waals surface area (Å²) in [5.41, 5.74) is 0.983. The van der Waals surface area contributed by atoms with E-state index in [9.17, 15) is 18.4 Å². The lowest BCUT2D eigenvalue weighted by Crippen LogP contribution is -2.45. The number of fused-ring (bicyclic) bond motifs is 3. The molecule has 4 heterocycles. The predicted molar refractivity (Wildman–Crippen MR) is 162 cm³/mol. The molecule has 8 nitrogen and oxygen atoms in total. The number of halogens is 2. The van der Waals surface area contributed by atoms with Crippen LogP contribution in [0.3, 0.4) is 0 Å². The molecule has 11 heteroatoms. The number of rotatable bonds is 5. The molecule has 0 spiro atoms. The van der Waals surface area contributed by atoms with Crippen LogP contribution < -0.4 is 4.74 Å². The number of carbonyl (C=O) groups is 2. The van der Waals surface area contributed by atoms with Gasteiger partial charge >= 0.3 is 12.2 Å². The number of para-hydroxylation sites is 1. The van der Waals surface area contributed by atoms with Crippen LogP contribution in [-0.2, 0) is 15.9 Å². The van der Waals surface area contributed by atoms with E-state index in [0.29, 0.717) is 42.2 Å². The van der Waals surface area contributed by atoms with Crippen LogP contribution in [0.15, 0.2) is 36.4 Å². The van der Waals surface area contributed by atoms with Crippen molar-refractivity contribution >= 4 is 34.4 Å². The van der Waals surface area contributed by atoms with Crippen molar-refractivity contribution in [2.24, 2.45) is 0 Å². The monoisotopic (exact) mass is 617 g/mol. The minimum absolute atomic E-state index is 0.201. The smallest absolute Gasteiger partial charge is 0.419 e. The Bertz CT molecular complexity index is 1490. The first-order valence-corrected chi connectivity index (χ1v) is 15.6. The van der Waals surface area contributed by atoms with E-state index in [0.717, 1.165) is 15.8 Å². The van der Waals surface area contributed by atoms with Gasteiger partial charge in [-0.1, -0.05) is 18.2 Å². The van der Waals surface area contributed by atoms with Gasteiger partial charge in [-0.3, -0.25) is 4.90 Å². The number of aromatic nitrogens is 1. The fraction of sp³-hybridized carbons (Fsp3) is 0.562. The first-order valence-electron chi connectivity index (χ1n) is 14.7. The van der Waals surface area contributed by atoms with Crippen molar-refractivity contribution in [2.45, 2.75) is 97.1 Å². The van der Waals surface area contributed by atoms with Gasteiger partial charge in [-0.15, -0.1) is 11.3 Å². The molecule has 43 heavy (non-hydrogen) atoms. The van der Waals surface area contributed by atoms with E-state index in [-0.39, 0.29) is 18.2 Å². The third-order valence-corrected chi connectivity index (χ3v) is 8.58. The fourth-order valence-corrected chi connectivity index (χ4v) is 6.97. The number of hydrogen-bond acceptors (Lipinski definition) is 7. The number of alkyl halides is 2. The van der Waals surface area contributed by atoms with E-state index in [4.69, 9.17) is 14.2 Å². The average Bonchev–Trinajstić information content (AvgIpc) is 3.60. The molecule has 0 unspecified atom stereocenters. The summed E-state index contributed by atoms with van der Waals surface area (Å²) >= 11 is 1.38. The molecule has 3 aromatic rings. The third-order valence-electron chi connectivity index (χ3n) is 7.55. The molecule has 1 amide bonds. The highest BCUT2D eigenvalue weighted by atomic mass is 32.1. The highest BCUT2D eigenvalue weighted by Crippen LogP contribution is 2.46. The van der Waals surface area contributed by atoms with Crippen molar-refractivity contribution in [3.8, 4) is 5.06 Å². The SMILES string of the molecule is C[C@@H]1Cc2c(n(C(=O)OC(C)(C)C)c3ccccc23)[C@@H](c2ccc(O[C@@H]3CCN(C(=O)OC(C)(C)C)C3)s2)N1CC(F)F. The van der Waals surface area contributed by atoms with Crippen LogP contribution >= 0.6 is 11.3 Å². The van der Waals surface area contributed by atoms with Crippen LogP contribution in [0.4, 0.5) is 18.4 Å². The van der Waals surface area contributed by atoms with Gasteiger partial charge in [-0.05, 0) is 78.6 Å². The molecule has 2 aliphatic rings. The number of carbonyl (C=O) groups excluding carboxylic acids is 2. The molecule has 0 radical (unpaired) electrons. The van der Waals surface area contributed by atoms with Gasteiger partial charge in [0, 0.05) is 29.3 Å². The zero-order chi connectivity index (χ0) is 31.3. The van der Waals surface area contributed by atoms with Gasteiger partial charge < -0.3 is 19.1 Å². The topological polar surface area (TPSA) is 73.2 Å². The van der Waals surface area contributed by atoms with Crippen LogP contribution in [0.25, 0.3) is 10.9 Å². The summed E-state index contributed by atoms with van der Waals surface area (Å²) in [6, 6.07) is 10.6. The molecular formula is C32H41F2N3O5S. The molecule has 234 valence electrons. The largest absolute Gasteiger partial charge is 0.479 e. The second-order valence-corrected chi connectivity index (χ2v) is 14.4. The normalized spacial score (nSPS) is 21.3. The summed E-state index contributed by atoms with van der Waals surface area (Å²) in [6.45, 7) is 13.4. The predicted octanol–water partition coefficient (Wildman–Crippen LogP) is 7.48. The zero-order valence-corrected chi connectivity index (χ0v) is 26.7. The van der Waals surface area contributed by atoms with Gasteiger partial charge in [-0.25, -0.2) is 22.9 Å². The van der Waals surface area contributed by atoms with Crippen molar-refractivity contribution < 1.29 is 32.6 Å². The summed E-state index contributed by atoms with van der Waals surface area (Å²) in [5.74, 6) is 0. The number of nitrogens with zero attached hydrogens (tertiary/aromatic N) is 3. The van der Waals surface area contributed by atoms with Crippen molar-refractivity contribution in [3.63, 3.8) is 0 Å². The number of hydrogen-bond donors (Lipinski definition) is 0. The summed E-state index contributed by atoms with van der Waals surface area (Å²) in [7, 11) is 0. The van der Waals surface area contributed by atoms with Gasteiger partial charge in [0.1, 0.15) is 17.3 Å². The van der Waals surface area contributed by atoms with E-state index in [1.54, 1.807) is 14.4 Å². The molecule has 2 aliphatic heterocycles. The molecular weight excluding hydrogens is 576 g/mol. The maximum absolute atomic E-state index is 14.0. The van der Waals surface area contributed by atoms with Gasteiger partial charge in [0.05, 0.1) is 30.3 Å². The van der Waals surface area contributed by atoms with E-state index < -0.39 is 36.3 Å². The van der Waals surface area contributed by atoms with E-state index in [2.05, 4.69) is 0 Å². The molecule has 0 aliphatic carbocycles. The first kappa shape index (κ1) is 31.3. The van der Waals surface area contributed by atoms with E-state index in [1.165, 1.54) is 11.3 Å². The van der Waals surface area contributed by atoms with Crippen molar-refractivity contribution in [3.05, 3.63) is 52.5 Å². The third kappa shape index (κ3) is 6.82. The number of likely N-dealkylation sites (tertiary alicyclic amines) is 1. The second kappa shape index (κ2) is 11.7. The lowest BCUT2D eigenvalue weighted by molar-refractivity contribution is 0.0275. The Morgan fingerprint density at radius 3 is 2.35 bits per heavy atom. The van der Waals surface area contributed by atoms with Gasteiger partial charge in [-0.2, -0.15) is 0 Å². The molecule has 1 aromatic carbocycles. The Hall–Kier alpha value is -3.18. The van der Waals surface area contributed by atoms with E-state index >= 15 is 0 Å². The maximum Gasteiger partial charge on any atom is 0.419 e. The van der Waals surface area contributed by atoms with Crippen LogP contribution in [0.5, 0.6) is 5.06 Å². The van der Waals surface area contributed by atoms with Crippen LogP contribution in [-0.4, -0.2) is 76.0 Å². The Balaban J connectivity index is 1.50. The average molecular weight is 618 g/mol. The zero-order valence-electron chi connectivity index (χ0n) is 25.9. The highest BCUT2D eigenvalue weighted by Gasteiger charge is 2.41. The molecule has 3 atom stereocenters. The Morgan fingerprint density at radius 2 is 1.67 bits per heavy atom. The standard InChI is InChI=1S/C32H41F2N3O5S/c1-19-16-22-21-10-8-9-11-23(21)37(30(39)42-32(5,6)7)27(22)28(36(19)18-25(33)34)24-12-13-26(43-24)40-20-14-15-35(17-20)29(38)41-31(2,3)4/h8-13,19-20,25,28H,14-18H2,1-7H3/t19-,20-,28-/m1/s1. The Kier molecular flexibility index (Phi) is 8.52. The Morgan fingerprint density at radius 1 is 1.00 bits per heavy atom. The van der Waals surface area contributed by atoms with Crippen molar-refractivity contribution in [1.82, 2.24) is 14.4 Å². The quantitative estimate of drug-likeness (QED) is 0.296. The molecule has 0 saturated carbocycles. The number of benzene rings is 1. The lowest BCUT2D eigenvalue weighted by Gasteiger charge is -2.40. The summed E-state index contributed by atoms with van der Waals surface area (Å²) in [6.07, 6.45) is -2.51. The lowest BCUT2D eigenvalue weighted by atomic mass is 9.91. The van der Waals surface area contributed by atoms with Gasteiger partial charge in [0.25, 0.3) is 6.43 Å². The van der Waals surface area contributed by atoms with Crippen LogP contribution in [0, 0.1) is 0 Å². The molecule has 1 fully saturated rings. The summed E-state index contributed by atoms with van der Waals surface area (Å²) in [4.78, 5) is 30.5. The molecule has 1 saturated heterocycles. The highest BCUT2D eigenvalue weighted by molar-refractivity contribution is 7.13. The fourth-order valence-electron chi connectivity index (χ4n) is 5.93. The first-order chi connectivity index (χ1) is 20.1. The number of thiophene rings is 1. The molecule has 5 rings (SSSR count). The minimum atomic E-state index is -2.56. The molecule has 0 N–H and O–H groups in total. The van der Waals surface area contributed by atoms with Crippen molar-refractivity contribution in [2.75, 3.05) is 19.6 Å². The van der Waals surface area contributed by atoms with Gasteiger partial charge in [0.2, 0.25) is 0 Å². The van der Waals surface area contributed by atoms with Gasteiger partial charge in [0.15, 0.2) is 5.06 Å². The summed E-state index contributed by atoms with van der Waals surface area (Å²) < 4.78 is 47.2. The molecule has 2 aromatic heterocycles. The minimum Gasteiger partial charge on any atom is -0.479 e. The van der Waals surface area contributed by atoms with Crippen LogP contribution in [0.1, 0.15) is 77.1 Å².